The van der Waals surface area contributed by atoms with E-state index in [1.165, 1.54) is 12.8 Å². The van der Waals surface area contributed by atoms with E-state index in [1.54, 1.807) is 6.07 Å². The predicted molar refractivity (Wildman–Crippen MR) is 76.4 cm³/mol. The van der Waals surface area contributed by atoms with E-state index in [0.717, 1.165) is 18.7 Å². The van der Waals surface area contributed by atoms with Crippen molar-refractivity contribution in [3.05, 3.63) is 33.9 Å². The number of nitrogens with one attached hydrogen (secondary N) is 1. The zero-order valence-electron chi connectivity index (χ0n) is 11.6. The molecule has 0 amide bonds. The van der Waals surface area contributed by atoms with Crippen molar-refractivity contribution in [2.75, 3.05) is 18.4 Å². The second-order valence-corrected chi connectivity index (χ2v) is 4.93. The zero-order chi connectivity index (χ0) is 13.8. The summed E-state index contributed by atoms with van der Waals surface area (Å²) in [5.41, 5.74) is 1.91. The second kappa shape index (κ2) is 6.02. The molecule has 0 unspecified atom stereocenters. The summed E-state index contributed by atoms with van der Waals surface area (Å²) in [5.74, 6) is 0. The Morgan fingerprint density at radius 1 is 1.42 bits per heavy atom. The number of nitrogens with zero attached hydrogens (tertiary/aromatic N) is 2. The highest BCUT2D eigenvalue weighted by atomic mass is 16.6. The van der Waals surface area contributed by atoms with E-state index in [-0.39, 0.29) is 10.6 Å². The van der Waals surface area contributed by atoms with Gasteiger partial charge in [0.15, 0.2) is 0 Å². The van der Waals surface area contributed by atoms with E-state index in [4.69, 9.17) is 0 Å². The van der Waals surface area contributed by atoms with Crippen LogP contribution in [-0.4, -0.2) is 29.0 Å². The molecule has 1 aliphatic rings. The summed E-state index contributed by atoms with van der Waals surface area (Å²) in [6, 6.07) is 6.09. The SMILES string of the molecule is CCNc1cc(CN(CC)C2CC2)ccc1[N+](=O)[O-]. The summed E-state index contributed by atoms with van der Waals surface area (Å²) in [4.78, 5) is 13.1. The summed E-state index contributed by atoms with van der Waals surface area (Å²) in [5, 5.41) is 14.0. The maximum atomic E-state index is 11.0. The van der Waals surface area contributed by atoms with Crippen LogP contribution in [-0.2, 0) is 6.54 Å². The van der Waals surface area contributed by atoms with E-state index < -0.39 is 0 Å². The van der Waals surface area contributed by atoms with Crippen LogP contribution in [0.15, 0.2) is 18.2 Å². The molecule has 104 valence electrons. The van der Waals surface area contributed by atoms with Crippen LogP contribution in [0.1, 0.15) is 32.3 Å². The highest BCUT2D eigenvalue weighted by Crippen LogP contribution is 2.30. The summed E-state index contributed by atoms with van der Waals surface area (Å²) in [7, 11) is 0. The fourth-order valence-corrected chi connectivity index (χ4v) is 2.35. The maximum Gasteiger partial charge on any atom is 0.292 e. The molecule has 0 atom stereocenters. The number of rotatable bonds is 7. The first-order chi connectivity index (χ1) is 9.15. The Morgan fingerprint density at radius 3 is 2.68 bits per heavy atom. The van der Waals surface area contributed by atoms with E-state index in [9.17, 15) is 10.1 Å². The molecule has 1 fully saturated rings. The van der Waals surface area contributed by atoms with E-state index >= 15 is 0 Å². The molecule has 0 aliphatic heterocycles. The third kappa shape index (κ3) is 3.44. The summed E-state index contributed by atoms with van der Waals surface area (Å²) in [6.07, 6.45) is 2.56. The Hall–Kier alpha value is -1.62. The fourth-order valence-electron chi connectivity index (χ4n) is 2.35. The molecule has 0 saturated heterocycles. The molecule has 1 aliphatic carbocycles. The first kappa shape index (κ1) is 13.8. The quantitative estimate of drug-likeness (QED) is 0.607. The average molecular weight is 263 g/mol. The molecule has 2 rings (SSSR count). The lowest BCUT2D eigenvalue weighted by atomic mass is 10.1. The van der Waals surface area contributed by atoms with Crippen molar-refractivity contribution in [2.24, 2.45) is 0 Å². The minimum absolute atomic E-state index is 0.153. The molecule has 5 heteroatoms. The minimum Gasteiger partial charge on any atom is -0.380 e. The number of nitro groups is 1. The zero-order valence-corrected chi connectivity index (χ0v) is 11.6. The molecular weight excluding hydrogens is 242 g/mol. The molecule has 0 spiro atoms. The third-order valence-electron chi connectivity index (χ3n) is 3.48. The third-order valence-corrected chi connectivity index (χ3v) is 3.48. The molecule has 1 saturated carbocycles. The number of nitro benzene ring substituents is 1. The number of anilines is 1. The fraction of sp³-hybridized carbons (Fsp3) is 0.571. The van der Waals surface area contributed by atoms with E-state index in [0.29, 0.717) is 18.3 Å². The molecule has 0 aromatic heterocycles. The van der Waals surface area contributed by atoms with E-state index in [2.05, 4.69) is 17.1 Å². The van der Waals surface area contributed by atoms with Crippen LogP contribution in [0.5, 0.6) is 0 Å². The highest BCUT2D eigenvalue weighted by molar-refractivity contribution is 5.62. The van der Waals surface area contributed by atoms with Gasteiger partial charge in [-0.1, -0.05) is 13.0 Å². The second-order valence-electron chi connectivity index (χ2n) is 4.93. The molecule has 1 aromatic carbocycles. The molecule has 1 N–H and O–H groups in total. The summed E-state index contributed by atoms with van der Waals surface area (Å²) >= 11 is 0. The van der Waals surface area contributed by atoms with Gasteiger partial charge in [0.05, 0.1) is 4.92 Å². The van der Waals surface area contributed by atoms with Crippen LogP contribution in [0.2, 0.25) is 0 Å². The normalized spacial score (nSPS) is 14.7. The summed E-state index contributed by atoms with van der Waals surface area (Å²) < 4.78 is 0. The van der Waals surface area contributed by atoms with Gasteiger partial charge in [0.25, 0.3) is 5.69 Å². The lowest BCUT2D eigenvalue weighted by Gasteiger charge is -2.20. The first-order valence-corrected chi connectivity index (χ1v) is 6.91. The Morgan fingerprint density at radius 2 is 2.16 bits per heavy atom. The van der Waals surface area contributed by atoms with Crippen molar-refractivity contribution in [3.8, 4) is 0 Å². The van der Waals surface area contributed by atoms with Gasteiger partial charge in [-0.2, -0.15) is 0 Å². The van der Waals surface area contributed by atoms with Gasteiger partial charge in [-0.15, -0.1) is 0 Å². The topological polar surface area (TPSA) is 58.4 Å². The Balaban J connectivity index is 2.16. The monoisotopic (exact) mass is 263 g/mol. The molecule has 1 aromatic rings. The van der Waals surface area contributed by atoms with Crippen molar-refractivity contribution < 1.29 is 4.92 Å². The van der Waals surface area contributed by atoms with Gasteiger partial charge in [-0.05, 0) is 37.9 Å². The van der Waals surface area contributed by atoms with Crippen LogP contribution >= 0.6 is 0 Å². The smallest absolute Gasteiger partial charge is 0.292 e. The Kier molecular flexibility index (Phi) is 4.37. The van der Waals surface area contributed by atoms with Gasteiger partial charge >= 0.3 is 0 Å². The van der Waals surface area contributed by atoms with Gasteiger partial charge in [-0.3, -0.25) is 15.0 Å². The van der Waals surface area contributed by atoms with Crippen molar-refractivity contribution >= 4 is 11.4 Å². The standard InChI is InChI=1S/C14H21N3O2/c1-3-15-13-9-11(5-8-14(13)17(18)19)10-16(4-2)12-6-7-12/h5,8-9,12,15H,3-4,6-7,10H2,1-2H3. The molecule has 0 bridgehead atoms. The maximum absolute atomic E-state index is 11.0. The molecular formula is C14H21N3O2. The van der Waals surface area contributed by atoms with Gasteiger partial charge in [0.1, 0.15) is 5.69 Å². The molecule has 5 nitrogen and oxygen atoms in total. The van der Waals surface area contributed by atoms with Crippen LogP contribution in [0.25, 0.3) is 0 Å². The molecule has 0 heterocycles. The highest BCUT2D eigenvalue weighted by Gasteiger charge is 2.27. The number of hydrogen-bond donors (Lipinski definition) is 1. The number of benzene rings is 1. The van der Waals surface area contributed by atoms with Crippen molar-refractivity contribution in [2.45, 2.75) is 39.3 Å². The summed E-state index contributed by atoms with van der Waals surface area (Å²) in [6.45, 7) is 6.69. The van der Waals surface area contributed by atoms with Gasteiger partial charge in [-0.25, -0.2) is 0 Å². The minimum atomic E-state index is -0.333. The molecule has 19 heavy (non-hydrogen) atoms. The van der Waals surface area contributed by atoms with Crippen LogP contribution in [0, 0.1) is 10.1 Å². The predicted octanol–water partition coefficient (Wildman–Crippen LogP) is 3.01. The first-order valence-electron chi connectivity index (χ1n) is 6.91. The number of hydrogen-bond acceptors (Lipinski definition) is 4. The van der Waals surface area contributed by atoms with Crippen molar-refractivity contribution in [3.63, 3.8) is 0 Å². The van der Waals surface area contributed by atoms with Gasteiger partial charge in [0, 0.05) is 25.2 Å². The van der Waals surface area contributed by atoms with Crippen LogP contribution < -0.4 is 5.32 Å². The lowest BCUT2D eigenvalue weighted by Crippen LogP contribution is -2.25. The largest absolute Gasteiger partial charge is 0.380 e. The van der Waals surface area contributed by atoms with Crippen LogP contribution in [0.4, 0.5) is 11.4 Å². The van der Waals surface area contributed by atoms with Crippen LogP contribution in [0.3, 0.4) is 0 Å². The van der Waals surface area contributed by atoms with Gasteiger partial charge < -0.3 is 5.32 Å². The van der Waals surface area contributed by atoms with Crippen molar-refractivity contribution in [1.82, 2.24) is 4.90 Å². The Bertz CT molecular complexity index is 458. The molecule has 0 radical (unpaired) electrons. The van der Waals surface area contributed by atoms with E-state index in [1.807, 2.05) is 19.1 Å². The average Bonchev–Trinajstić information content (AvgIpc) is 3.20. The lowest BCUT2D eigenvalue weighted by molar-refractivity contribution is -0.384. The van der Waals surface area contributed by atoms with Crippen molar-refractivity contribution in [1.29, 1.82) is 0 Å². The van der Waals surface area contributed by atoms with Gasteiger partial charge in [0.2, 0.25) is 0 Å². The Labute approximate surface area is 113 Å².